The average Bonchev–Trinajstić information content (AvgIpc) is 2.38. The van der Waals surface area contributed by atoms with Gasteiger partial charge in [0.05, 0.1) is 5.56 Å². The molecule has 0 spiro atoms. The van der Waals surface area contributed by atoms with E-state index in [0.29, 0.717) is 5.56 Å². The fourth-order valence-corrected chi connectivity index (χ4v) is 1.47. The van der Waals surface area contributed by atoms with Gasteiger partial charge < -0.3 is 10.5 Å². The lowest BCUT2D eigenvalue weighted by molar-refractivity contribution is -0.137. The van der Waals surface area contributed by atoms with E-state index in [2.05, 4.69) is 4.98 Å². The molecule has 0 unspecified atom stereocenters. The van der Waals surface area contributed by atoms with Crippen LogP contribution in [0.3, 0.4) is 0 Å². The zero-order valence-electron chi connectivity index (χ0n) is 10.1. The number of rotatable bonds is 3. The van der Waals surface area contributed by atoms with Crippen LogP contribution in [0.2, 0.25) is 0 Å². The number of nitrogens with zero attached hydrogens (tertiary/aromatic N) is 1. The van der Waals surface area contributed by atoms with E-state index in [4.69, 9.17) is 15.9 Å². The van der Waals surface area contributed by atoms with Gasteiger partial charge in [0.15, 0.2) is 0 Å². The van der Waals surface area contributed by atoms with E-state index in [1.807, 2.05) is 0 Å². The smallest absolute Gasteiger partial charge is 0.416 e. The van der Waals surface area contributed by atoms with Crippen LogP contribution in [0.4, 0.5) is 13.2 Å². The van der Waals surface area contributed by atoms with Gasteiger partial charge >= 0.3 is 6.18 Å². The van der Waals surface area contributed by atoms with Crippen molar-refractivity contribution in [3.05, 3.63) is 53.7 Å². The number of nitrogens with two attached hydrogens (primary N) is 1. The Labute approximate surface area is 112 Å². The maximum absolute atomic E-state index is 12.4. The Kier molecular flexibility index (Phi) is 3.60. The first-order valence-corrected chi connectivity index (χ1v) is 5.52. The fourth-order valence-electron chi connectivity index (χ4n) is 1.47. The number of amidine groups is 1. The van der Waals surface area contributed by atoms with Gasteiger partial charge in [-0.3, -0.25) is 5.41 Å². The second-order valence-electron chi connectivity index (χ2n) is 3.92. The lowest BCUT2D eigenvalue weighted by Gasteiger charge is -2.09. The Morgan fingerprint density at radius 1 is 1.15 bits per heavy atom. The Hall–Kier alpha value is -2.57. The second kappa shape index (κ2) is 5.20. The van der Waals surface area contributed by atoms with Crippen molar-refractivity contribution in [3.8, 4) is 11.6 Å². The van der Waals surface area contributed by atoms with Gasteiger partial charge in [-0.05, 0) is 30.3 Å². The van der Waals surface area contributed by atoms with Crippen molar-refractivity contribution in [2.45, 2.75) is 6.18 Å². The minimum atomic E-state index is -4.38. The van der Waals surface area contributed by atoms with Crippen LogP contribution in [0.5, 0.6) is 11.6 Å². The number of aromatic nitrogens is 1. The van der Waals surface area contributed by atoms with E-state index >= 15 is 0 Å². The van der Waals surface area contributed by atoms with Crippen LogP contribution in [0.1, 0.15) is 11.1 Å². The number of nitrogen functional groups attached to an aromatic ring is 1. The van der Waals surface area contributed by atoms with Gasteiger partial charge in [0.25, 0.3) is 0 Å². The number of hydrogen-bond acceptors (Lipinski definition) is 3. The molecule has 1 aromatic heterocycles. The Bertz CT molecular complexity index is 624. The first kappa shape index (κ1) is 13.9. The highest BCUT2D eigenvalue weighted by atomic mass is 19.4. The molecule has 0 radical (unpaired) electrons. The standard InChI is InChI=1S/C13H10F3N3O/c14-13(15,16)9-1-3-10(4-2-9)20-11-7-8(12(17)18)5-6-19-11/h1-7H,(H3,17,18). The average molecular weight is 281 g/mol. The van der Waals surface area contributed by atoms with Crippen molar-refractivity contribution < 1.29 is 17.9 Å². The van der Waals surface area contributed by atoms with E-state index in [1.54, 1.807) is 0 Å². The summed E-state index contributed by atoms with van der Waals surface area (Å²) in [6, 6.07) is 7.20. The van der Waals surface area contributed by atoms with Crippen molar-refractivity contribution in [1.29, 1.82) is 5.41 Å². The molecule has 0 aliphatic carbocycles. The molecule has 0 fully saturated rings. The summed E-state index contributed by atoms with van der Waals surface area (Å²) in [5.41, 5.74) is 4.98. The van der Waals surface area contributed by atoms with Crippen LogP contribution in [0.25, 0.3) is 0 Å². The number of hydrogen-bond donors (Lipinski definition) is 2. The molecular formula is C13H10F3N3O. The number of alkyl halides is 3. The number of halogens is 3. The van der Waals surface area contributed by atoms with Gasteiger partial charge in [-0.25, -0.2) is 4.98 Å². The number of pyridine rings is 1. The summed E-state index contributed by atoms with van der Waals surface area (Å²) in [7, 11) is 0. The van der Waals surface area contributed by atoms with E-state index in [-0.39, 0.29) is 17.5 Å². The first-order valence-electron chi connectivity index (χ1n) is 5.52. The summed E-state index contributed by atoms with van der Waals surface area (Å²) in [4.78, 5) is 3.89. The Morgan fingerprint density at radius 3 is 2.35 bits per heavy atom. The topological polar surface area (TPSA) is 72.0 Å². The third-order valence-electron chi connectivity index (χ3n) is 2.45. The maximum atomic E-state index is 12.4. The summed E-state index contributed by atoms with van der Waals surface area (Å²) in [5.74, 6) is 0.216. The van der Waals surface area contributed by atoms with E-state index in [9.17, 15) is 13.2 Å². The minimum Gasteiger partial charge on any atom is -0.439 e. The van der Waals surface area contributed by atoms with Gasteiger partial charge in [0.2, 0.25) is 5.88 Å². The maximum Gasteiger partial charge on any atom is 0.416 e. The van der Waals surface area contributed by atoms with Crippen LogP contribution >= 0.6 is 0 Å². The Morgan fingerprint density at radius 2 is 1.80 bits per heavy atom. The van der Waals surface area contributed by atoms with Crippen molar-refractivity contribution in [2.24, 2.45) is 5.73 Å². The van der Waals surface area contributed by atoms with Crippen LogP contribution in [0.15, 0.2) is 42.6 Å². The van der Waals surface area contributed by atoms with E-state index < -0.39 is 11.7 Å². The molecule has 0 saturated heterocycles. The SMILES string of the molecule is N=C(N)c1ccnc(Oc2ccc(C(F)(F)F)cc2)c1. The van der Waals surface area contributed by atoms with Gasteiger partial charge in [-0.15, -0.1) is 0 Å². The van der Waals surface area contributed by atoms with Crippen molar-refractivity contribution in [3.63, 3.8) is 0 Å². The molecule has 0 bridgehead atoms. The molecule has 7 heteroatoms. The molecule has 0 aliphatic heterocycles. The molecule has 4 nitrogen and oxygen atoms in total. The van der Waals surface area contributed by atoms with Crippen LogP contribution in [0, 0.1) is 5.41 Å². The third kappa shape index (κ3) is 3.25. The van der Waals surface area contributed by atoms with Crippen molar-refractivity contribution in [1.82, 2.24) is 4.98 Å². The highest BCUT2D eigenvalue weighted by molar-refractivity contribution is 5.95. The zero-order chi connectivity index (χ0) is 14.8. The van der Waals surface area contributed by atoms with E-state index in [0.717, 1.165) is 12.1 Å². The van der Waals surface area contributed by atoms with Gasteiger partial charge in [-0.2, -0.15) is 13.2 Å². The molecule has 0 amide bonds. The predicted molar refractivity (Wildman–Crippen MR) is 66.8 cm³/mol. The highest BCUT2D eigenvalue weighted by Gasteiger charge is 2.30. The van der Waals surface area contributed by atoms with Crippen molar-refractivity contribution >= 4 is 5.84 Å². The number of benzene rings is 1. The van der Waals surface area contributed by atoms with E-state index in [1.165, 1.54) is 30.5 Å². The Balaban J connectivity index is 2.18. The summed E-state index contributed by atoms with van der Waals surface area (Å²) < 4.78 is 42.5. The molecule has 104 valence electrons. The second-order valence-corrected chi connectivity index (χ2v) is 3.92. The fraction of sp³-hybridized carbons (Fsp3) is 0.0769. The molecule has 1 aromatic carbocycles. The minimum absolute atomic E-state index is 0.148. The molecule has 1 heterocycles. The van der Waals surface area contributed by atoms with Crippen LogP contribution in [-0.4, -0.2) is 10.8 Å². The van der Waals surface area contributed by atoms with Gasteiger partial charge in [0, 0.05) is 17.8 Å². The molecule has 2 aromatic rings. The van der Waals surface area contributed by atoms with Crippen LogP contribution < -0.4 is 10.5 Å². The summed E-state index contributed by atoms with van der Waals surface area (Å²) >= 11 is 0. The van der Waals surface area contributed by atoms with Gasteiger partial charge in [-0.1, -0.05) is 0 Å². The summed E-state index contributed by atoms with van der Waals surface area (Å²) in [6.45, 7) is 0. The largest absolute Gasteiger partial charge is 0.439 e. The first-order chi connectivity index (χ1) is 9.36. The molecule has 0 saturated carbocycles. The number of nitrogens with one attached hydrogen (secondary N) is 1. The molecule has 0 atom stereocenters. The number of ether oxygens (including phenoxy) is 1. The van der Waals surface area contributed by atoms with Crippen molar-refractivity contribution in [2.75, 3.05) is 0 Å². The molecule has 20 heavy (non-hydrogen) atoms. The molecule has 2 rings (SSSR count). The highest BCUT2D eigenvalue weighted by Crippen LogP contribution is 2.31. The zero-order valence-corrected chi connectivity index (χ0v) is 10.1. The lowest BCUT2D eigenvalue weighted by atomic mass is 10.2. The monoisotopic (exact) mass is 281 g/mol. The predicted octanol–water partition coefficient (Wildman–Crippen LogP) is 3.18. The quantitative estimate of drug-likeness (QED) is 0.670. The lowest BCUT2D eigenvalue weighted by Crippen LogP contribution is -2.11. The van der Waals surface area contributed by atoms with Gasteiger partial charge in [0.1, 0.15) is 11.6 Å². The normalized spacial score (nSPS) is 11.2. The summed E-state index contributed by atoms with van der Waals surface area (Å²) in [6.07, 6.45) is -2.98. The molecule has 0 aliphatic rings. The third-order valence-corrected chi connectivity index (χ3v) is 2.45. The molecular weight excluding hydrogens is 271 g/mol. The molecule has 3 N–H and O–H groups in total. The van der Waals surface area contributed by atoms with Crippen LogP contribution in [-0.2, 0) is 6.18 Å². The summed E-state index contributed by atoms with van der Waals surface area (Å²) in [5, 5.41) is 7.28.